The maximum absolute atomic E-state index is 12.6. The molecule has 0 saturated carbocycles. The Labute approximate surface area is 171 Å². The zero-order valence-electron chi connectivity index (χ0n) is 15.1. The molecule has 0 unspecified atom stereocenters. The molecule has 0 aromatic heterocycles. The van der Waals surface area contributed by atoms with Crippen molar-refractivity contribution in [3.63, 3.8) is 0 Å². The molecule has 1 amide bonds. The van der Waals surface area contributed by atoms with E-state index in [2.05, 4.69) is 21.2 Å². The molecule has 0 spiro atoms. The highest BCUT2D eigenvalue weighted by molar-refractivity contribution is 9.10. The van der Waals surface area contributed by atoms with Crippen LogP contribution in [0.2, 0.25) is 0 Å². The van der Waals surface area contributed by atoms with E-state index in [1.165, 1.54) is 6.08 Å². The second-order valence-electron chi connectivity index (χ2n) is 5.97. The average molecular weight is 437 g/mol. The summed E-state index contributed by atoms with van der Waals surface area (Å²) in [6.45, 7) is 2.17. The topological polar surface area (TPSA) is 82.3 Å². The number of rotatable bonds is 5. The SMILES string of the molecule is CCOc1cc(/C=C(\C#N)C(=O)Nc2ccc3ccccc3c2)cc(Br)c1O. The molecule has 0 heterocycles. The summed E-state index contributed by atoms with van der Waals surface area (Å²) in [7, 11) is 0. The minimum atomic E-state index is -0.514. The average Bonchev–Trinajstić information content (AvgIpc) is 2.69. The van der Waals surface area contributed by atoms with Gasteiger partial charge >= 0.3 is 0 Å². The number of nitrogens with zero attached hydrogens (tertiary/aromatic N) is 1. The van der Waals surface area contributed by atoms with Crippen molar-refractivity contribution in [3.05, 3.63) is 70.2 Å². The van der Waals surface area contributed by atoms with E-state index in [-0.39, 0.29) is 17.1 Å². The van der Waals surface area contributed by atoms with Gasteiger partial charge in [-0.3, -0.25) is 4.79 Å². The first-order chi connectivity index (χ1) is 13.5. The number of nitriles is 1. The summed E-state index contributed by atoms with van der Waals surface area (Å²) in [5, 5.41) is 24.2. The zero-order valence-corrected chi connectivity index (χ0v) is 16.7. The quantitative estimate of drug-likeness (QED) is 0.422. The van der Waals surface area contributed by atoms with E-state index in [1.807, 2.05) is 42.5 Å². The number of hydrogen-bond donors (Lipinski definition) is 2. The van der Waals surface area contributed by atoms with Crippen molar-refractivity contribution in [3.8, 4) is 17.6 Å². The lowest BCUT2D eigenvalue weighted by molar-refractivity contribution is -0.112. The standard InChI is InChI=1S/C22H17BrN2O3/c1-2-28-20-11-14(10-19(23)21(20)26)9-17(13-24)22(27)25-18-8-7-15-5-3-4-6-16(15)12-18/h3-12,26H,2H2,1H3,(H,25,27)/b17-9+. The molecule has 0 atom stereocenters. The Morgan fingerprint density at radius 2 is 1.96 bits per heavy atom. The van der Waals surface area contributed by atoms with Crippen LogP contribution in [-0.4, -0.2) is 17.6 Å². The third-order valence-corrected chi connectivity index (χ3v) is 4.64. The minimum Gasteiger partial charge on any atom is -0.503 e. The van der Waals surface area contributed by atoms with Gasteiger partial charge < -0.3 is 15.2 Å². The number of carbonyl (C=O) groups excluding carboxylic acids is 1. The van der Waals surface area contributed by atoms with Crippen molar-refractivity contribution in [2.45, 2.75) is 6.92 Å². The van der Waals surface area contributed by atoms with E-state index in [4.69, 9.17) is 4.74 Å². The van der Waals surface area contributed by atoms with Crippen LogP contribution in [0.3, 0.4) is 0 Å². The molecule has 140 valence electrons. The fourth-order valence-corrected chi connectivity index (χ4v) is 3.18. The number of hydrogen-bond acceptors (Lipinski definition) is 4. The predicted octanol–water partition coefficient (Wildman–Crippen LogP) is 5.25. The van der Waals surface area contributed by atoms with E-state index in [9.17, 15) is 15.2 Å². The van der Waals surface area contributed by atoms with Crippen molar-refractivity contribution < 1.29 is 14.6 Å². The van der Waals surface area contributed by atoms with Crippen LogP contribution in [0, 0.1) is 11.3 Å². The lowest BCUT2D eigenvalue weighted by Gasteiger charge is -2.09. The molecular formula is C22H17BrN2O3. The first-order valence-corrected chi connectivity index (χ1v) is 9.38. The van der Waals surface area contributed by atoms with Crippen LogP contribution >= 0.6 is 15.9 Å². The first kappa shape index (κ1) is 19.5. The Morgan fingerprint density at radius 3 is 2.68 bits per heavy atom. The molecule has 2 N–H and O–H groups in total. The molecular weight excluding hydrogens is 420 g/mol. The number of carbonyl (C=O) groups is 1. The number of amides is 1. The number of aromatic hydroxyl groups is 1. The number of ether oxygens (including phenoxy) is 1. The van der Waals surface area contributed by atoms with Crippen molar-refractivity contribution in [2.75, 3.05) is 11.9 Å². The number of phenolic OH excluding ortho intramolecular Hbond substituents is 1. The van der Waals surface area contributed by atoms with Crippen LogP contribution in [0.15, 0.2) is 64.6 Å². The van der Waals surface area contributed by atoms with E-state index >= 15 is 0 Å². The fourth-order valence-electron chi connectivity index (χ4n) is 2.72. The Kier molecular flexibility index (Phi) is 5.97. The fraction of sp³-hybridized carbons (Fsp3) is 0.0909. The van der Waals surface area contributed by atoms with Crippen LogP contribution in [-0.2, 0) is 4.79 Å². The molecule has 28 heavy (non-hydrogen) atoms. The summed E-state index contributed by atoms with van der Waals surface area (Å²) in [4.78, 5) is 12.6. The molecule has 0 saturated heterocycles. The number of benzene rings is 3. The van der Waals surface area contributed by atoms with Crippen molar-refractivity contribution in [1.29, 1.82) is 5.26 Å². The highest BCUT2D eigenvalue weighted by Gasteiger charge is 2.13. The highest BCUT2D eigenvalue weighted by Crippen LogP contribution is 2.36. The first-order valence-electron chi connectivity index (χ1n) is 8.59. The summed E-state index contributed by atoms with van der Waals surface area (Å²) in [6, 6.07) is 18.5. The van der Waals surface area contributed by atoms with Gasteiger partial charge in [-0.25, -0.2) is 0 Å². The second-order valence-corrected chi connectivity index (χ2v) is 6.82. The van der Waals surface area contributed by atoms with E-state index < -0.39 is 5.91 Å². The van der Waals surface area contributed by atoms with Gasteiger partial charge in [-0.1, -0.05) is 30.3 Å². The van der Waals surface area contributed by atoms with Gasteiger partial charge in [0.1, 0.15) is 11.6 Å². The van der Waals surface area contributed by atoms with Crippen molar-refractivity contribution in [2.24, 2.45) is 0 Å². The van der Waals surface area contributed by atoms with Gasteiger partial charge in [-0.15, -0.1) is 0 Å². The Hall–Kier alpha value is -3.30. The van der Waals surface area contributed by atoms with Crippen LogP contribution in [0.5, 0.6) is 11.5 Å². The van der Waals surface area contributed by atoms with Gasteiger partial charge in [-0.05, 0) is 69.5 Å². The van der Waals surface area contributed by atoms with Gasteiger partial charge in [-0.2, -0.15) is 5.26 Å². The van der Waals surface area contributed by atoms with Gasteiger partial charge in [0, 0.05) is 5.69 Å². The molecule has 6 heteroatoms. The second kappa shape index (κ2) is 8.59. The Balaban J connectivity index is 1.87. The van der Waals surface area contributed by atoms with Crippen LogP contribution in [0.1, 0.15) is 12.5 Å². The predicted molar refractivity (Wildman–Crippen MR) is 113 cm³/mol. The number of halogens is 1. The molecule has 3 aromatic carbocycles. The lowest BCUT2D eigenvalue weighted by atomic mass is 10.1. The van der Waals surface area contributed by atoms with Crippen LogP contribution in [0.4, 0.5) is 5.69 Å². The summed E-state index contributed by atoms with van der Waals surface area (Å²) in [5.74, 6) is -0.270. The Morgan fingerprint density at radius 1 is 1.21 bits per heavy atom. The molecule has 3 aromatic rings. The highest BCUT2D eigenvalue weighted by atomic mass is 79.9. The number of phenols is 1. The minimum absolute atomic E-state index is 0.0295. The molecule has 0 aliphatic heterocycles. The van der Waals surface area contributed by atoms with E-state index in [1.54, 1.807) is 25.1 Å². The molecule has 3 rings (SSSR count). The van der Waals surface area contributed by atoms with Crippen LogP contribution < -0.4 is 10.1 Å². The smallest absolute Gasteiger partial charge is 0.266 e. The monoisotopic (exact) mass is 436 g/mol. The normalized spacial score (nSPS) is 11.1. The summed E-state index contributed by atoms with van der Waals surface area (Å²) in [5.41, 5.74) is 1.10. The van der Waals surface area contributed by atoms with E-state index in [0.29, 0.717) is 22.3 Å². The van der Waals surface area contributed by atoms with Gasteiger partial charge in [0.25, 0.3) is 5.91 Å². The lowest BCUT2D eigenvalue weighted by Crippen LogP contribution is -2.13. The molecule has 5 nitrogen and oxygen atoms in total. The van der Waals surface area contributed by atoms with E-state index in [0.717, 1.165) is 10.8 Å². The summed E-state index contributed by atoms with van der Waals surface area (Å²) in [6.07, 6.45) is 1.45. The van der Waals surface area contributed by atoms with Gasteiger partial charge in [0.05, 0.1) is 11.1 Å². The summed E-state index contributed by atoms with van der Waals surface area (Å²) < 4.78 is 5.79. The Bertz CT molecular complexity index is 1120. The molecule has 0 fully saturated rings. The molecule has 0 radical (unpaired) electrons. The van der Waals surface area contributed by atoms with Gasteiger partial charge in [0.2, 0.25) is 0 Å². The maximum atomic E-state index is 12.6. The number of nitrogens with one attached hydrogen (secondary N) is 1. The van der Waals surface area contributed by atoms with Crippen LogP contribution in [0.25, 0.3) is 16.8 Å². The zero-order chi connectivity index (χ0) is 20.1. The third-order valence-electron chi connectivity index (χ3n) is 4.03. The number of anilines is 1. The molecule has 0 aliphatic rings. The van der Waals surface area contributed by atoms with Crippen molar-refractivity contribution >= 4 is 44.4 Å². The maximum Gasteiger partial charge on any atom is 0.266 e. The van der Waals surface area contributed by atoms with Crippen molar-refractivity contribution in [1.82, 2.24) is 0 Å². The largest absolute Gasteiger partial charge is 0.503 e. The van der Waals surface area contributed by atoms with Gasteiger partial charge in [0.15, 0.2) is 11.5 Å². The summed E-state index contributed by atoms with van der Waals surface area (Å²) >= 11 is 3.25. The molecule has 0 aliphatic carbocycles. The number of fused-ring (bicyclic) bond motifs is 1. The molecule has 0 bridgehead atoms. The third kappa shape index (κ3) is 4.33.